The van der Waals surface area contributed by atoms with Gasteiger partial charge in [0.2, 0.25) is 0 Å². The number of oxazole rings is 1. The second-order valence-electron chi connectivity index (χ2n) is 5.99. The molecule has 0 radical (unpaired) electrons. The lowest BCUT2D eigenvalue weighted by Gasteiger charge is -2.34. The Labute approximate surface area is 119 Å². The summed E-state index contributed by atoms with van der Waals surface area (Å²) in [6.07, 6.45) is 5.19. The summed E-state index contributed by atoms with van der Waals surface area (Å²) in [6.45, 7) is 3.33. The maximum atomic E-state index is 5.87. The molecule has 0 amide bonds. The van der Waals surface area contributed by atoms with Gasteiger partial charge in [-0.05, 0) is 50.3 Å². The number of hydrogen-bond acceptors (Lipinski definition) is 4. The van der Waals surface area contributed by atoms with Gasteiger partial charge in [0.15, 0.2) is 5.58 Å². The normalized spacial score (nSPS) is 24.6. The van der Waals surface area contributed by atoms with Crippen LogP contribution in [0.5, 0.6) is 0 Å². The minimum atomic E-state index is 0.751. The maximum Gasteiger partial charge on any atom is 0.298 e. The van der Waals surface area contributed by atoms with E-state index in [1.165, 1.54) is 32.2 Å². The van der Waals surface area contributed by atoms with E-state index in [0.717, 1.165) is 42.2 Å². The molecule has 2 aliphatic heterocycles. The molecule has 0 spiro atoms. The Morgan fingerprint density at radius 2 is 2.00 bits per heavy atom. The molecule has 1 aromatic heterocycles. The van der Waals surface area contributed by atoms with E-state index in [-0.39, 0.29) is 0 Å². The van der Waals surface area contributed by atoms with Crippen LogP contribution in [0.2, 0.25) is 0 Å². The first kappa shape index (κ1) is 12.2. The Morgan fingerprint density at radius 3 is 2.75 bits per heavy atom. The highest BCUT2D eigenvalue weighted by molar-refractivity contribution is 5.74. The van der Waals surface area contributed by atoms with Gasteiger partial charge in [-0.1, -0.05) is 12.1 Å². The molecule has 20 heavy (non-hydrogen) atoms. The van der Waals surface area contributed by atoms with Crippen LogP contribution in [-0.2, 0) is 0 Å². The molecular weight excluding hydrogens is 250 g/mol. The van der Waals surface area contributed by atoms with Gasteiger partial charge in [-0.25, -0.2) is 0 Å². The molecule has 3 heterocycles. The number of nitrogens with zero attached hydrogens (tertiary/aromatic N) is 2. The fourth-order valence-corrected chi connectivity index (χ4v) is 3.60. The number of benzene rings is 1. The molecule has 2 fully saturated rings. The zero-order valence-corrected chi connectivity index (χ0v) is 11.7. The Bertz CT molecular complexity index is 547. The average Bonchev–Trinajstić information content (AvgIpc) is 3.17. The molecule has 1 N–H and O–H groups in total. The van der Waals surface area contributed by atoms with Crippen LogP contribution in [0.1, 0.15) is 25.7 Å². The van der Waals surface area contributed by atoms with E-state index in [1.54, 1.807) is 0 Å². The maximum absolute atomic E-state index is 5.87. The lowest BCUT2D eigenvalue weighted by atomic mass is 9.89. The summed E-state index contributed by atoms with van der Waals surface area (Å²) in [5.41, 5.74) is 1.85. The number of para-hydroxylation sites is 2. The van der Waals surface area contributed by atoms with Crippen molar-refractivity contribution in [2.45, 2.75) is 31.7 Å². The molecule has 0 bridgehead atoms. The van der Waals surface area contributed by atoms with E-state index in [0.29, 0.717) is 0 Å². The third-order valence-electron chi connectivity index (χ3n) is 4.76. The zero-order valence-electron chi connectivity index (χ0n) is 11.7. The molecule has 2 aromatic rings. The van der Waals surface area contributed by atoms with Crippen LogP contribution in [0, 0.1) is 5.92 Å². The van der Waals surface area contributed by atoms with Crippen molar-refractivity contribution in [3.63, 3.8) is 0 Å². The van der Waals surface area contributed by atoms with Crippen LogP contribution in [0.3, 0.4) is 0 Å². The van der Waals surface area contributed by atoms with Crippen molar-refractivity contribution in [2.24, 2.45) is 5.92 Å². The standard InChI is InChI=1S/C16H21N3O/c1-2-6-15-14(4-1)18-16(20-15)19-10-7-12(8-11-19)13-5-3-9-17-13/h1-2,4,6,12-13,17H,3,5,7-11H2. The van der Waals surface area contributed by atoms with Crippen molar-refractivity contribution in [2.75, 3.05) is 24.5 Å². The third-order valence-corrected chi connectivity index (χ3v) is 4.76. The summed E-state index contributed by atoms with van der Waals surface area (Å²) < 4.78 is 5.87. The van der Waals surface area contributed by atoms with Crippen molar-refractivity contribution in [3.05, 3.63) is 24.3 Å². The number of fused-ring (bicyclic) bond motifs is 1. The summed E-state index contributed by atoms with van der Waals surface area (Å²) in [4.78, 5) is 6.90. The first-order chi connectivity index (χ1) is 9.90. The summed E-state index contributed by atoms with van der Waals surface area (Å²) >= 11 is 0. The van der Waals surface area contributed by atoms with Crippen molar-refractivity contribution in [3.8, 4) is 0 Å². The van der Waals surface area contributed by atoms with Gasteiger partial charge in [-0.2, -0.15) is 4.98 Å². The lowest BCUT2D eigenvalue weighted by molar-refractivity contribution is 0.313. The van der Waals surface area contributed by atoms with Gasteiger partial charge in [0.25, 0.3) is 6.01 Å². The van der Waals surface area contributed by atoms with Crippen LogP contribution in [0.25, 0.3) is 11.1 Å². The largest absolute Gasteiger partial charge is 0.423 e. The van der Waals surface area contributed by atoms with E-state index in [1.807, 2.05) is 24.3 Å². The van der Waals surface area contributed by atoms with Gasteiger partial charge in [0, 0.05) is 19.1 Å². The summed E-state index contributed by atoms with van der Waals surface area (Å²) in [6, 6.07) is 9.55. The Morgan fingerprint density at radius 1 is 1.15 bits per heavy atom. The van der Waals surface area contributed by atoms with Crippen molar-refractivity contribution >= 4 is 17.1 Å². The molecule has 1 unspecified atom stereocenters. The topological polar surface area (TPSA) is 41.3 Å². The minimum absolute atomic E-state index is 0.751. The van der Waals surface area contributed by atoms with Crippen LogP contribution < -0.4 is 10.2 Å². The first-order valence-corrected chi connectivity index (χ1v) is 7.74. The Balaban J connectivity index is 1.45. The second kappa shape index (κ2) is 5.09. The highest BCUT2D eigenvalue weighted by atomic mass is 16.4. The number of rotatable bonds is 2. The Kier molecular flexibility index (Phi) is 3.11. The average molecular weight is 271 g/mol. The van der Waals surface area contributed by atoms with E-state index in [9.17, 15) is 0 Å². The predicted molar refractivity (Wildman–Crippen MR) is 80.0 cm³/mol. The van der Waals surface area contributed by atoms with Gasteiger partial charge in [0.1, 0.15) is 5.52 Å². The van der Waals surface area contributed by atoms with Gasteiger partial charge in [0.05, 0.1) is 0 Å². The number of anilines is 1. The van der Waals surface area contributed by atoms with Gasteiger partial charge in [-0.3, -0.25) is 0 Å². The van der Waals surface area contributed by atoms with Crippen LogP contribution in [0.15, 0.2) is 28.7 Å². The summed E-state index contributed by atoms with van der Waals surface area (Å²) in [5.74, 6) is 0.832. The molecule has 0 saturated carbocycles. The summed E-state index contributed by atoms with van der Waals surface area (Å²) in [5, 5.41) is 3.64. The molecule has 0 aliphatic carbocycles. The van der Waals surface area contributed by atoms with Crippen molar-refractivity contribution in [1.29, 1.82) is 0 Å². The van der Waals surface area contributed by atoms with Gasteiger partial charge in [-0.15, -0.1) is 0 Å². The molecule has 4 heteroatoms. The number of piperidine rings is 1. The van der Waals surface area contributed by atoms with Crippen LogP contribution >= 0.6 is 0 Å². The molecule has 106 valence electrons. The van der Waals surface area contributed by atoms with E-state index in [2.05, 4.69) is 15.2 Å². The molecule has 4 nitrogen and oxygen atoms in total. The highest BCUT2D eigenvalue weighted by Gasteiger charge is 2.29. The number of hydrogen-bond donors (Lipinski definition) is 1. The van der Waals surface area contributed by atoms with E-state index >= 15 is 0 Å². The highest BCUT2D eigenvalue weighted by Crippen LogP contribution is 2.29. The molecule has 1 aromatic carbocycles. The number of aromatic nitrogens is 1. The van der Waals surface area contributed by atoms with E-state index < -0.39 is 0 Å². The quantitative estimate of drug-likeness (QED) is 0.912. The zero-order chi connectivity index (χ0) is 13.4. The third kappa shape index (κ3) is 2.18. The predicted octanol–water partition coefficient (Wildman–Crippen LogP) is 2.80. The fraction of sp³-hybridized carbons (Fsp3) is 0.562. The van der Waals surface area contributed by atoms with Gasteiger partial charge >= 0.3 is 0 Å². The van der Waals surface area contributed by atoms with Crippen molar-refractivity contribution in [1.82, 2.24) is 10.3 Å². The smallest absolute Gasteiger partial charge is 0.298 e. The Hall–Kier alpha value is -1.55. The monoisotopic (exact) mass is 271 g/mol. The van der Waals surface area contributed by atoms with Crippen LogP contribution in [-0.4, -0.2) is 30.7 Å². The second-order valence-corrected chi connectivity index (χ2v) is 5.99. The SMILES string of the molecule is c1ccc2oc(N3CCC(C4CCCN4)CC3)nc2c1. The van der Waals surface area contributed by atoms with Crippen molar-refractivity contribution < 1.29 is 4.42 Å². The molecular formula is C16H21N3O. The van der Waals surface area contributed by atoms with Crippen LogP contribution in [0.4, 0.5) is 6.01 Å². The van der Waals surface area contributed by atoms with Gasteiger partial charge < -0.3 is 14.6 Å². The minimum Gasteiger partial charge on any atom is -0.423 e. The molecule has 2 aliphatic rings. The molecule has 2 saturated heterocycles. The lowest BCUT2D eigenvalue weighted by Crippen LogP contribution is -2.41. The summed E-state index contributed by atoms with van der Waals surface area (Å²) in [7, 11) is 0. The first-order valence-electron chi connectivity index (χ1n) is 7.74. The fourth-order valence-electron chi connectivity index (χ4n) is 3.60. The number of nitrogens with one attached hydrogen (secondary N) is 1. The van der Waals surface area contributed by atoms with E-state index in [4.69, 9.17) is 4.42 Å². The molecule has 4 rings (SSSR count). The molecule has 1 atom stereocenters.